The van der Waals surface area contributed by atoms with Gasteiger partial charge in [-0.1, -0.05) is 206 Å². The van der Waals surface area contributed by atoms with Gasteiger partial charge >= 0.3 is 5.97 Å². The summed E-state index contributed by atoms with van der Waals surface area (Å²) >= 11 is 0. The van der Waals surface area contributed by atoms with Crippen molar-refractivity contribution in [1.29, 1.82) is 0 Å². The molecule has 2 unspecified atom stereocenters. The van der Waals surface area contributed by atoms with Crippen LogP contribution in [0.1, 0.15) is 264 Å². The van der Waals surface area contributed by atoms with Crippen molar-refractivity contribution in [3.8, 4) is 0 Å². The molecule has 2 atom stereocenters. The van der Waals surface area contributed by atoms with Crippen LogP contribution in [0.3, 0.4) is 0 Å². The van der Waals surface area contributed by atoms with E-state index in [1.165, 1.54) is 154 Å². The van der Waals surface area contributed by atoms with E-state index in [0.29, 0.717) is 25.9 Å². The van der Waals surface area contributed by atoms with E-state index in [1.807, 2.05) is 0 Å². The number of amides is 1. The third-order valence-corrected chi connectivity index (χ3v) is 11.3. The summed E-state index contributed by atoms with van der Waals surface area (Å²) in [6.45, 7) is 4.89. The minimum absolute atomic E-state index is 0.0221. The average Bonchev–Trinajstić information content (AvgIpc) is 3.18. The van der Waals surface area contributed by atoms with Gasteiger partial charge in [0.05, 0.1) is 25.4 Å². The molecule has 0 radical (unpaired) electrons. The SMILES string of the molecule is CCCCCCCCCCCCCCCCC(O)C(CO)NC(=O)CCCCCCC/C=C\CCCCCOC(=O)CCCCCCCCCCCCCC. The van der Waals surface area contributed by atoms with Crippen molar-refractivity contribution >= 4 is 11.9 Å². The number of rotatable bonds is 45. The van der Waals surface area contributed by atoms with Crippen LogP contribution >= 0.6 is 0 Å². The second-order valence-electron chi connectivity index (χ2n) is 16.8. The van der Waals surface area contributed by atoms with Crippen molar-refractivity contribution in [3.05, 3.63) is 12.2 Å². The smallest absolute Gasteiger partial charge is 0.305 e. The molecule has 0 aromatic rings. The predicted molar refractivity (Wildman–Crippen MR) is 237 cm³/mol. The summed E-state index contributed by atoms with van der Waals surface area (Å²) in [6.07, 6.45) is 50.3. The van der Waals surface area contributed by atoms with Gasteiger partial charge in [-0.05, 0) is 57.8 Å². The zero-order chi connectivity index (χ0) is 40.1. The molecule has 0 saturated carbocycles. The normalized spacial score (nSPS) is 12.7. The minimum Gasteiger partial charge on any atom is -0.466 e. The molecule has 0 fully saturated rings. The van der Waals surface area contributed by atoms with Crippen molar-refractivity contribution in [1.82, 2.24) is 5.32 Å². The molecular formula is C49H95NO5. The molecule has 0 saturated heterocycles. The van der Waals surface area contributed by atoms with Crippen molar-refractivity contribution in [2.75, 3.05) is 13.2 Å². The fourth-order valence-corrected chi connectivity index (χ4v) is 7.51. The van der Waals surface area contributed by atoms with Crippen molar-refractivity contribution in [2.24, 2.45) is 0 Å². The van der Waals surface area contributed by atoms with Gasteiger partial charge in [-0.25, -0.2) is 0 Å². The van der Waals surface area contributed by atoms with E-state index in [2.05, 4.69) is 31.3 Å². The lowest BCUT2D eigenvalue weighted by atomic mass is 10.0. The molecule has 0 aliphatic heterocycles. The summed E-state index contributed by atoms with van der Waals surface area (Å²) in [5, 5.41) is 23.2. The molecule has 0 aliphatic rings. The number of hydrogen-bond donors (Lipinski definition) is 3. The van der Waals surface area contributed by atoms with Crippen LogP contribution in [-0.2, 0) is 14.3 Å². The Labute approximate surface area is 342 Å². The standard InChI is InChI=1S/C49H95NO5/c1-3-5-7-9-11-13-15-17-18-21-25-29-33-37-41-47(52)46(45-51)50-48(53)42-38-34-30-26-22-19-20-24-28-32-36-40-44-55-49(54)43-39-35-31-27-23-16-14-12-10-8-6-4-2/h20,24,46-47,51-52H,3-19,21-23,25-45H2,1-2H3,(H,50,53)/b24-20-. The molecule has 0 aromatic heterocycles. The Hall–Kier alpha value is -1.40. The molecule has 0 aromatic carbocycles. The van der Waals surface area contributed by atoms with Crippen LogP contribution in [-0.4, -0.2) is 47.4 Å². The van der Waals surface area contributed by atoms with Gasteiger partial charge in [-0.15, -0.1) is 0 Å². The minimum atomic E-state index is -0.678. The predicted octanol–water partition coefficient (Wildman–Crippen LogP) is 14.2. The van der Waals surface area contributed by atoms with Crippen LogP contribution in [0, 0.1) is 0 Å². The molecule has 0 heterocycles. The maximum absolute atomic E-state index is 12.4. The first kappa shape index (κ1) is 53.6. The number of aliphatic hydroxyl groups is 2. The quantitative estimate of drug-likeness (QED) is 0.0325. The van der Waals surface area contributed by atoms with Crippen LogP contribution in [0.15, 0.2) is 12.2 Å². The Morgan fingerprint density at radius 3 is 1.29 bits per heavy atom. The van der Waals surface area contributed by atoms with Crippen LogP contribution in [0.5, 0.6) is 0 Å². The Morgan fingerprint density at radius 2 is 0.855 bits per heavy atom. The van der Waals surface area contributed by atoms with Crippen LogP contribution in [0.25, 0.3) is 0 Å². The lowest BCUT2D eigenvalue weighted by Gasteiger charge is -2.22. The Kier molecular flexibility index (Phi) is 44.2. The zero-order valence-corrected chi connectivity index (χ0v) is 36.9. The number of esters is 1. The van der Waals surface area contributed by atoms with Gasteiger partial charge in [0.15, 0.2) is 0 Å². The molecule has 0 bridgehead atoms. The fourth-order valence-electron chi connectivity index (χ4n) is 7.51. The Bertz CT molecular complexity index is 817. The van der Waals surface area contributed by atoms with Crippen LogP contribution in [0.2, 0.25) is 0 Å². The lowest BCUT2D eigenvalue weighted by molar-refractivity contribution is -0.143. The van der Waals surface area contributed by atoms with Crippen molar-refractivity contribution < 1.29 is 24.5 Å². The van der Waals surface area contributed by atoms with Crippen LogP contribution < -0.4 is 5.32 Å². The largest absolute Gasteiger partial charge is 0.466 e. The summed E-state index contributed by atoms with van der Waals surface area (Å²) in [6, 6.07) is -0.558. The van der Waals surface area contributed by atoms with Gasteiger partial charge in [-0.2, -0.15) is 0 Å². The Balaban J connectivity index is 3.51. The van der Waals surface area contributed by atoms with Crippen molar-refractivity contribution in [3.63, 3.8) is 0 Å². The van der Waals surface area contributed by atoms with Gasteiger partial charge in [-0.3, -0.25) is 9.59 Å². The first-order valence-corrected chi connectivity index (χ1v) is 24.4. The van der Waals surface area contributed by atoms with E-state index in [4.69, 9.17) is 4.74 Å². The number of allylic oxidation sites excluding steroid dienone is 2. The highest BCUT2D eigenvalue weighted by atomic mass is 16.5. The van der Waals surface area contributed by atoms with Gasteiger partial charge < -0.3 is 20.3 Å². The van der Waals surface area contributed by atoms with Crippen LogP contribution in [0.4, 0.5) is 0 Å². The number of unbranched alkanes of at least 4 members (excludes halogenated alkanes) is 32. The first-order valence-electron chi connectivity index (χ1n) is 24.4. The van der Waals surface area contributed by atoms with Gasteiger partial charge in [0.25, 0.3) is 0 Å². The van der Waals surface area contributed by atoms with E-state index in [-0.39, 0.29) is 18.5 Å². The molecule has 6 nitrogen and oxygen atoms in total. The number of carbonyl (C=O) groups is 2. The molecule has 55 heavy (non-hydrogen) atoms. The van der Waals surface area contributed by atoms with E-state index in [9.17, 15) is 19.8 Å². The maximum Gasteiger partial charge on any atom is 0.305 e. The Morgan fingerprint density at radius 1 is 0.491 bits per heavy atom. The number of ether oxygens (including phenoxy) is 1. The number of nitrogens with one attached hydrogen (secondary N) is 1. The highest BCUT2D eigenvalue weighted by Gasteiger charge is 2.20. The fraction of sp³-hybridized carbons (Fsp3) is 0.918. The third-order valence-electron chi connectivity index (χ3n) is 11.3. The summed E-state index contributed by atoms with van der Waals surface area (Å²) in [7, 11) is 0. The number of hydrogen-bond acceptors (Lipinski definition) is 5. The summed E-state index contributed by atoms with van der Waals surface area (Å²) in [5.41, 5.74) is 0. The molecule has 0 rings (SSSR count). The molecular weight excluding hydrogens is 683 g/mol. The van der Waals surface area contributed by atoms with E-state index < -0.39 is 12.1 Å². The summed E-state index contributed by atoms with van der Waals surface area (Å²) < 4.78 is 5.43. The average molecular weight is 778 g/mol. The number of aliphatic hydroxyl groups excluding tert-OH is 2. The number of carbonyl (C=O) groups excluding carboxylic acids is 2. The molecule has 326 valence electrons. The van der Waals surface area contributed by atoms with Gasteiger partial charge in [0, 0.05) is 12.8 Å². The zero-order valence-electron chi connectivity index (χ0n) is 36.9. The highest BCUT2D eigenvalue weighted by Crippen LogP contribution is 2.16. The van der Waals surface area contributed by atoms with E-state index in [1.54, 1.807) is 0 Å². The summed E-state index contributed by atoms with van der Waals surface area (Å²) in [4.78, 5) is 24.4. The summed E-state index contributed by atoms with van der Waals surface area (Å²) in [5.74, 6) is -0.0823. The van der Waals surface area contributed by atoms with E-state index in [0.717, 1.165) is 77.0 Å². The monoisotopic (exact) mass is 778 g/mol. The van der Waals surface area contributed by atoms with Crippen molar-refractivity contribution in [2.45, 2.75) is 276 Å². The first-order chi connectivity index (χ1) is 27.0. The highest BCUT2D eigenvalue weighted by molar-refractivity contribution is 5.76. The molecule has 6 heteroatoms. The second-order valence-corrected chi connectivity index (χ2v) is 16.8. The second kappa shape index (κ2) is 45.3. The molecule has 0 spiro atoms. The maximum atomic E-state index is 12.4. The van der Waals surface area contributed by atoms with Gasteiger partial charge in [0.1, 0.15) is 0 Å². The van der Waals surface area contributed by atoms with Gasteiger partial charge in [0.2, 0.25) is 5.91 Å². The molecule has 3 N–H and O–H groups in total. The molecule has 1 amide bonds. The lowest BCUT2D eigenvalue weighted by Crippen LogP contribution is -2.45. The third kappa shape index (κ3) is 42.0. The topological polar surface area (TPSA) is 95.9 Å². The van der Waals surface area contributed by atoms with E-state index >= 15 is 0 Å². The molecule has 0 aliphatic carbocycles.